The molecule has 0 saturated carbocycles. The Morgan fingerprint density at radius 3 is 2.79 bits per heavy atom. The molecule has 0 amide bonds. The molecule has 0 unspecified atom stereocenters. The van der Waals surface area contributed by atoms with Crippen molar-refractivity contribution in [2.24, 2.45) is 0 Å². The predicted molar refractivity (Wildman–Crippen MR) is 119 cm³/mol. The van der Waals surface area contributed by atoms with Gasteiger partial charge >= 0.3 is 5.97 Å². The highest BCUT2D eigenvalue weighted by Crippen LogP contribution is 2.32. The Morgan fingerprint density at radius 2 is 1.97 bits per heavy atom. The van der Waals surface area contributed by atoms with Crippen molar-refractivity contribution in [3.05, 3.63) is 58.1 Å². The molecule has 0 bridgehead atoms. The van der Waals surface area contributed by atoms with Crippen LogP contribution in [0.15, 0.2) is 46.1 Å². The van der Waals surface area contributed by atoms with Crippen molar-refractivity contribution in [3.63, 3.8) is 0 Å². The predicted octanol–water partition coefficient (Wildman–Crippen LogP) is 1.80. The van der Waals surface area contributed by atoms with E-state index in [0.717, 1.165) is 5.56 Å². The molecule has 10 nitrogen and oxygen atoms in total. The molecule has 0 saturated heterocycles. The van der Waals surface area contributed by atoms with Crippen LogP contribution >= 0.6 is 0 Å². The summed E-state index contributed by atoms with van der Waals surface area (Å²) in [5.41, 5.74) is 1.10. The lowest BCUT2D eigenvalue weighted by molar-refractivity contribution is -0.145. The molecule has 0 aliphatic carbocycles. The van der Waals surface area contributed by atoms with Crippen molar-refractivity contribution in [1.82, 2.24) is 14.7 Å². The molecule has 1 aliphatic rings. The van der Waals surface area contributed by atoms with Crippen LogP contribution in [0.3, 0.4) is 0 Å². The number of rotatable bonds is 8. The van der Waals surface area contributed by atoms with Gasteiger partial charge in [0.05, 0.1) is 15.8 Å². The monoisotopic (exact) mass is 473 g/mol. The summed E-state index contributed by atoms with van der Waals surface area (Å²) in [6.07, 6.45) is 0.240. The minimum absolute atomic E-state index is 0.000496. The van der Waals surface area contributed by atoms with Gasteiger partial charge in [0, 0.05) is 19.0 Å². The Hall–Kier alpha value is -3.44. The molecule has 2 N–H and O–H groups in total. The maximum Gasteiger partial charge on any atom is 0.306 e. The maximum absolute atomic E-state index is 12.5. The molecule has 0 radical (unpaired) electrons. The highest BCUT2D eigenvalue weighted by molar-refractivity contribution is 7.89. The van der Waals surface area contributed by atoms with Crippen molar-refractivity contribution in [1.29, 1.82) is 0 Å². The number of carbonyl (C=O) groups is 1. The number of fused-ring (bicyclic) bond motifs is 2. The number of sulfonamides is 1. The van der Waals surface area contributed by atoms with Gasteiger partial charge < -0.3 is 19.2 Å². The largest absolute Gasteiger partial charge is 0.486 e. The molecule has 2 heterocycles. The number of esters is 1. The van der Waals surface area contributed by atoms with E-state index >= 15 is 0 Å². The number of ether oxygens (including phenoxy) is 3. The first-order valence-corrected chi connectivity index (χ1v) is 11.9. The smallest absolute Gasteiger partial charge is 0.306 e. The zero-order chi connectivity index (χ0) is 23.4. The normalized spacial score (nSPS) is 13.1. The van der Waals surface area contributed by atoms with Crippen molar-refractivity contribution < 1.29 is 27.4 Å². The summed E-state index contributed by atoms with van der Waals surface area (Å²) in [6.45, 7) is 2.49. The molecule has 0 spiro atoms. The summed E-state index contributed by atoms with van der Waals surface area (Å²) in [6, 6.07) is 9.68. The van der Waals surface area contributed by atoms with E-state index in [2.05, 4.69) is 14.7 Å². The molecule has 0 atom stereocenters. The lowest BCUT2D eigenvalue weighted by Crippen LogP contribution is -2.26. The molecular weight excluding hydrogens is 450 g/mol. The first-order valence-electron chi connectivity index (χ1n) is 10.4. The number of aromatic amines is 1. The quantitative estimate of drug-likeness (QED) is 0.373. The molecule has 0 fully saturated rings. The number of nitrogens with one attached hydrogen (secondary N) is 2. The van der Waals surface area contributed by atoms with E-state index in [1.54, 1.807) is 18.2 Å². The van der Waals surface area contributed by atoms with Crippen LogP contribution in [0, 0.1) is 6.92 Å². The third kappa shape index (κ3) is 5.32. The molecule has 1 aliphatic heterocycles. The fourth-order valence-corrected chi connectivity index (χ4v) is 4.44. The van der Waals surface area contributed by atoms with E-state index in [9.17, 15) is 18.0 Å². The molecular formula is C22H23N3O7S. The molecule has 33 heavy (non-hydrogen) atoms. The van der Waals surface area contributed by atoms with Gasteiger partial charge in [-0.2, -0.15) is 0 Å². The molecule has 174 valence electrons. The van der Waals surface area contributed by atoms with Crippen molar-refractivity contribution in [2.45, 2.75) is 31.3 Å². The van der Waals surface area contributed by atoms with Crippen molar-refractivity contribution in [2.75, 3.05) is 19.8 Å². The van der Waals surface area contributed by atoms with E-state index in [1.165, 1.54) is 12.1 Å². The van der Waals surface area contributed by atoms with Gasteiger partial charge in [-0.15, -0.1) is 0 Å². The van der Waals surface area contributed by atoms with Gasteiger partial charge in [0.1, 0.15) is 25.6 Å². The zero-order valence-electron chi connectivity index (χ0n) is 17.9. The Labute approximate surface area is 189 Å². The number of hydrogen-bond acceptors (Lipinski definition) is 8. The van der Waals surface area contributed by atoms with Crippen molar-refractivity contribution in [3.8, 4) is 11.5 Å². The molecule has 2 aromatic carbocycles. The summed E-state index contributed by atoms with van der Waals surface area (Å²) in [5.74, 6) is 0.596. The number of carbonyl (C=O) groups excluding carboxylic acids is 1. The number of nitrogens with zero attached hydrogens (tertiary/aromatic N) is 1. The Kier molecular flexibility index (Phi) is 6.61. The van der Waals surface area contributed by atoms with Crippen LogP contribution < -0.4 is 19.8 Å². The number of hydrogen-bond donors (Lipinski definition) is 2. The summed E-state index contributed by atoms with van der Waals surface area (Å²) in [4.78, 5) is 31.2. The van der Waals surface area contributed by atoms with Crippen LogP contribution in [0.2, 0.25) is 0 Å². The second kappa shape index (κ2) is 9.59. The maximum atomic E-state index is 12.5. The van der Waals surface area contributed by atoms with Gasteiger partial charge in [0.2, 0.25) is 10.0 Å². The molecule has 11 heteroatoms. The molecule has 4 rings (SSSR count). The number of para-hydroxylation sites is 1. The number of H-pyrrole nitrogens is 1. The second-order valence-electron chi connectivity index (χ2n) is 7.45. The van der Waals surface area contributed by atoms with E-state index in [4.69, 9.17) is 14.2 Å². The van der Waals surface area contributed by atoms with E-state index in [1.807, 2.05) is 13.0 Å². The number of benzene rings is 2. The first-order chi connectivity index (χ1) is 15.8. The molecule has 1 aromatic heterocycles. The van der Waals surface area contributed by atoms with Gasteiger partial charge in [-0.3, -0.25) is 9.59 Å². The van der Waals surface area contributed by atoms with Crippen LogP contribution in [0.4, 0.5) is 0 Å². The van der Waals surface area contributed by atoms with E-state index in [-0.39, 0.29) is 42.3 Å². The van der Waals surface area contributed by atoms with E-state index in [0.29, 0.717) is 35.6 Å². The topological polar surface area (TPSA) is 137 Å². The number of aromatic nitrogens is 2. The lowest BCUT2D eigenvalue weighted by atomic mass is 10.1. The fourth-order valence-electron chi connectivity index (χ4n) is 3.35. The zero-order valence-corrected chi connectivity index (χ0v) is 18.7. The van der Waals surface area contributed by atoms with Crippen molar-refractivity contribution >= 4 is 26.9 Å². The highest BCUT2D eigenvalue weighted by Gasteiger charge is 2.19. The lowest BCUT2D eigenvalue weighted by Gasteiger charge is -2.18. The van der Waals surface area contributed by atoms with Crippen LogP contribution in [0.5, 0.6) is 11.5 Å². The van der Waals surface area contributed by atoms with Crippen LogP contribution in [-0.4, -0.2) is 44.1 Å². The van der Waals surface area contributed by atoms with Crippen LogP contribution in [0.1, 0.15) is 24.2 Å². The van der Waals surface area contributed by atoms with Crippen LogP contribution in [0.25, 0.3) is 10.9 Å². The highest BCUT2D eigenvalue weighted by atomic mass is 32.2. The fraction of sp³-hybridized carbons (Fsp3) is 0.318. The minimum Gasteiger partial charge on any atom is -0.486 e. The Morgan fingerprint density at radius 1 is 1.18 bits per heavy atom. The summed E-state index contributed by atoms with van der Waals surface area (Å²) in [5, 5.41) is 0.468. The van der Waals surface area contributed by atoms with Gasteiger partial charge in [0.15, 0.2) is 11.5 Å². The third-order valence-corrected chi connectivity index (χ3v) is 6.49. The van der Waals surface area contributed by atoms with Gasteiger partial charge in [-0.25, -0.2) is 18.1 Å². The number of aryl methyl sites for hydroxylation is 1. The summed E-state index contributed by atoms with van der Waals surface area (Å²) < 4.78 is 43.4. The average molecular weight is 474 g/mol. The third-order valence-electron chi connectivity index (χ3n) is 5.03. The van der Waals surface area contributed by atoms with Crippen LogP contribution in [-0.2, 0) is 26.2 Å². The minimum atomic E-state index is -3.76. The standard InChI is InChI=1S/C22H23N3O7S/c1-14-4-2-5-16-21(14)24-19(25-22(16)27)13-32-20(26)6-3-9-23-33(28,29)15-7-8-17-18(12-15)31-11-10-30-17/h2,4-5,7-8,12,23H,3,6,9-11,13H2,1H3,(H,24,25,27). The Bertz CT molecular complexity index is 1350. The first kappa shape index (κ1) is 22.7. The summed E-state index contributed by atoms with van der Waals surface area (Å²) in [7, 11) is -3.76. The second-order valence-corrected chi connectivity index (χ2v) is 9.22. The van der Waals surface area contributed by atoms with Gasteiger partial charge in [0.25, 0.3) is 5.56 Å². The van der Waals surface area contributed by atoms with Gasteiger partial charge in [-0.05, 0) is 37.1 Å². The Balaban J connectivity index is 1.26. The van der Waals surface area contributed by atoms with Gasteiger partial charge in [-0.1, -0.05) is 12.1 Å². The SMILES string of the molecule is Cc1cccc2c(=O)[nH]c(COC(=O)CCCNS(=O)(=O)c3ccc4c(c3)OCCO4)nc12. The molecule has 3 aromatic rings. The van der Waals surface area contributed by atoms with E-state index < -0.39 is 16.0 Å². The summed E-state index contributed by atoms with van der Waals surface area (Å²) >= 11 is 0. The average Bonchev–Trinajstić information content (AvgIpc) is 2.81.